The first-order chi connectivity index (χ1) is 17.0. The minimum absolute atomic E-state index is 0.0489. The van der Waals surface area contributed by atoms with Crippen LogP contribution in [0.1, 0.15) is 55.6 Å². The van der Waals surface area contributed by atoms with Crippen LogP contribution in [-0.4, -0.2) is 55.0 Å². The molecular weight excluding hydrogens is 448 g/mol. The molecule has 3 N–H and O–H groups in total. The van der Waals surface area contributed by atoms with Crippen LogP contribution < -0.4 is 10.6 Å². The summed E-state index contributed by atoms with van der Waals surface area (Å²) in [7, 11) is 0. The maximum atomic E-state index is 13.1. The lowest BCUT2D eigenvalue weighted by Gasteiger charge is -2.36. The van der Waals surface area contributed by atoms with E-state index in [9.17, 15) is 14.4 Å². The molecule has 0 bridgehead atoms. The molecule has 2 amide bonds. The van der Waals surface area contributed by atoms with Crippen molar-refractivity contribution in [3.05, 3.63) is 59.7 Å². The van der Waals surface area contributed by atoms with Crippen molar-refractivity contribution in [1.82, 2.24) is 10.6 Å². The number of hydrogen-bond donors (Lipinski definition) is 3. The van der Waals surface area contributed by atoms with Crippen LogP contribution in [0.3, 0.4) is 0 Å². The number of hydrogen-bond acceptors (Lipinski definition) is 5. The first kappa shape index (κ1) is 24.7. The zero-order valence-corrected chi connectivity index (χ0v) is 19.8. The molecule has 1 saturated carbocycles. The predicted octanol–water partition coefficient (Wildman–Crippen LogP) is 3.84. The quantitative estimate of drug-likeness (QED) is 0.445. The third kappa shape index (κ3) is 5.82. The number of carboxylic acid groups (broad SMARTS) is 1. The van der Waals surface area contributed by atoms with Gasteiger partial charge in [0.1, 0.15) is 12.1 Å². The molecule has 0 aliphatic heterocycles. The summed E-state index contributed by atoms with van der Waals surface area (Å²) in [5, 5.41) is 14.4. The number of amides is 2. The largest absolute Gasteiger partial charge is 0.481 e. The molecule has 0 spiro atoms. The van der Waals surface area contributed by atoms with Crippen LogP contribution in [0.15, 0.2) is 48.5 Å². The number of carbonyl (C=O) groups is 3. The van der Waals surface area contributed by atoms with Gasteiger partial charge in [0.15, 0.2) is 0 Å². The summed E-state index contributed by atoms with van der Waals surface area (Å²) < 4.78 is 10.9. The van der Waals surface area contributed by atoms with Crippen molar-refractivity contribution in [1.29, 1.82) is 0 Å². The minimum atomic E-state index is -1.01. The number of aliphatic carboxylic acids is 1. The molecule has 2 aliphatic carbocycles. The molecule has 0 saturated heterocycles. The molecular formula is C27H32N2O6. The van der Waals surface area contributed by atoms with E-state index >= 15 is 0 Å². The number of benzene rings is 2. The Bertz CT molecular complexity index is 1020. The Morgan fingerprint density at radius 1 is 0.914 bits per heavy atom. The molecule has 186 valence electrons. The Labute approximate surface area is 205 Å². The monoisotopic (exact) mass is 480 g/mol. The summed E-state index contributed by atoms with van der Waals surface area (Å²) in [5.74, 6) is -1.23. The van der Waals surface area contributed by atoms with Gasteiger partial charge in [0.05, 0.1) is 19.6 Å². The van der Waals surface area contributed by atoms with Crippen LogP contribution in [-0.2, 0) is 19.1 Å². The molecule has 35 heavy (non-hydrogen) atoms. The number of alkyl carbamates (subject to hydrolysis) is 1. The van der Waals surface area contributed by atoms with Gasteiger partial charge in [-0.3, -0.25) is 9.59 Å². The van der Waals surface area contributed by atoms with E-state index in [1.807, 2.05) is 24.3 Å². The van der Waals surface area contributed by atoms with Gasteiger partial charge < -0.3 is 25.2 Å². The van der Waals surface area contributed by atoms with Crippen LogP contribution in [0, 0.1) is 0 Å². The molecule has 0 heterocycles. The highest BCUT2D eigenvalue weighted by Gasteiger charge is 2.41. The van der Waals surface area contributed by atoms with Crippen molar-refractivity contribution < 1.29 is 29.0 Å². The zero-order chi connectivity index (χ0) is 24.7. The number of fused-ring (bicyclic) bond motifs is 3. The topological polar surface area (TPSA) is 114 Å². The van der Waals surface area contributed by atoms with E-state index in [2.05, 4.69) is 34.9 Å². The summed E-state index contributed by atoms with van der Waals surface area (Å²) >= 11 is 0. The first-order valence-electron chi connectivity index (χ1n) is 12.2. The van der Waals surface area contributed by atoms with Gasteiger partial charge in [-0.1, -0.05) is 67.8 Å². The molecule has 0 atom stereocenters. The standard InChI is InChI=1S/C27H32N2O6/c30-24(31)12-16-34-17-15-28-25(32)27(13-6-1-7-14-27)29-26(33)35-18-23-21-10-4-2-8-19(21)20-9-3-5-11-22(20)23/h2-5,8-11,23H,1,6-7,12-18H2,(H,28,32)(H,29,33)(H,30,31). The van der Waals surface area contributed by atoms with E-state index < -0.39 is 17.6 Å². The third-order valence-corrected chi connectivity index (χ3v) is 6.82. The minimum Gasteiger partial charge on any atom is -0.481 e. The van der Waals surface area contributed by atoms with E-state index in [1.54, 1.807) is 0 Å². The smallest absolute Gasteiger partial charge is 0.408 e. The lowest BCUT2D eigenvalue weighted by atomic mass is 9.81. The Morgan fingerprint density at radius 2 is 1.54 bits per heavy atom. The molecule has 0 aromatic heterocycles. The predicted molar refractivity (Wildman–Crippen MR) is 130 cm³/mol. The van der Waals surface area contributed by atoms with E-state index in [0.717, 1.165) is 41.5 Å². The van der Waals surface area contributed by atoms with Gasteiger partial charge in [-0.05, 0) is 35.1 Å². The molecule has 1 fully saturated rings. The van der Waals surface area contributed by atoms with E-state index in [4.69, 9.17) is 14.6 Å². The van der Waals surface area contributed by atoms with E-state index in [-0.39, 0.29) is 44.6 Å². The highest BCUT2D eigenvalue weighted by molar-refractivity contribution is 5.90. The summed E-state index contributed by atoms with van der Waals surface area (Å²) in [5.41, 5.74) is 3.57. The molecule has 2 aromatic carbocycles. The van der Waals surface area contributed by atoms with Crippen molar-refractivity contribution in [3.63, 3.8) is 0 Å². The second-order valence-electron chi connectivity index (χ2n) is 9.11. The van der Waals surface area contributed by atoms with Crippen LogP contribution in [0.5, 0.6) is 0 Å². The second kappa shape index (κ2) is 11.4. The van der Waals surface area contributed by atoms with E-state index in [1.165, 1.54) is 0 Å². The summed E-state index contributed by atoms with van der Waals surface area (Å²) in [4.78, 5) is 36.5. The number of carbonyl (C=O) groups excluding carboxylic acids is 2. The molecule has 0 radical (unpaired) electrons. The normalized spacial score (nSPS) is 16.1. The van der Waals surface area contributed by atoms with Crippen molar-refractivity contribution in [2.75, 3.05) is 26.4 Å². The van der Waals surface area contributed by atoms with Gasteiger partial charge in [0, 0.05) is 12.5 Å². The average Bonchev–Trinajstić information content (AvgIpc) is 3.19. The van der Waals surface area contributed by atoms with Gasteiger partial charge in [0.25, 0.3) is 0 Å². The molecule has 2 aromatic rings. The van der Waals surface area contributed by atoms with Crippen molar-refractivity contribution >= 4 is 18.0 Å². The number of rotatable bonds is 10. The van der Waals surface area contributed by atoms with Crippen LogP contribution in [0.4, 0.5) is 4.79 Å². The molecule has 2 aliphatic rings. The van der Waals surface area contributed by atoms with Crippen molar-refractivity contribution in [2.24, 2.45) is 0 Å². The Morgan fingerprint density at radius 3 is 2.17 bits per heavy atom. The molecule has 4 rings (SSSR count). The lowest BCUT2D eigenvalue weighted by molar-refractivity contribution is -0.138. The van der Waals surface area contributed by atoms with Crippen LogP contribution >= 0.6 is 0 Å². The maximum absolute atomic E-state index is 13.1. The number of nitrogens with one attached hydrogen (secondary N) is 2. The highest BCUT2D eigenvalue weighted by Crippen LogP contribution is 2.44. The average molecular weight is 481 g/mol. The third-order valence-electron chi connectivity index (χ3n) is 6.82. The maximum Gasteiger partial charge on any atom is 0.408 e. The van der Waals surface area contributed by atoms with Gasteiger partial charge in [-0.25, -0.2) is 4.79 Å². The number of ether oxygens (including phenoxy) is 2. The van der Waals surface area contributed by atoms with Gasteiger partial charge >= 0.3 is 12.1 Å². The van der Waals surface area contributed by atoms with Gasteiger partial charge in [0.2, 0.25) is 5.91 Å². The molecule has 8 nitrogen and oxygen atoms in total. The molecule has 8 heteroatoms. The molecule has 0 unspecified atom stereocenters. The van der Waals surface area contributed by atoms with E-state index in [0.29, 0.717) is 12.8 Å². The van der Waals surface area contributed by atoms with Gasteiger partial charge in [-0.15, -0.1) is 0 Å². The summed E-state index contributed by atoms with van der Waals surface area (Å²) in [6.45, 7) is 0.732. The van der Waals surface area contributed by atoms with Crippen molar-refractivity contribution in [3.8, 4) is 11.1 Å². The van der Waals surface area contributed by atoms with Crippen LogP contribution in [0.25, 0.3) is 11.1 Å². The fourth-order valence-corrected chi connectivity index (χ4v) is 5.06. The highest BCUT2D eigenvalue weighted by atomic mass is 16.5. The SMILES string of the molecule is O=C(O)CCOCCNC(=O)C1(NC(=O)OCC2c3ccccc3-c3ccccc32)CCCCC1. The summed E-state index contributed by atoms with van der Waals surface area (Å²) in [6, 6.07) is 16.3. The first-order valence-corrected chi connectivity index (χ1v) is 12.2. The zero-order valence-electron chi connectivity index (χ0n) is 19.8. The lowest BCUT2D eigenvalue weighted by Crippen LogP contribution is -2.60. The summed E-state index contributed by atoms with van der Waals surface area (Å²) in [6.07, 6.45) is 3.10. The van der Waals surface area contributed by atoms with Crippen molar-refractivity contribution in [2.45, 2.75) is 50.0 Å². The fourth-order valence-electron chi connectivity index (χ4n) is 5.06. The van der Waals surface area contributed by atoms with Gasteiger partial charge in [-0.2, -0.15) is 0 Å². The Hall–Kier alpha value is -3.39. The van der Waals surface area contributed by atoms with Crippen LogP contribution in [0.2, 0.25) is 0 Å². The Kier molecular flexibility index (Phi) is 8.02. The Balaban J connectivity index is 1.34. The fraction of sp³-hybridized carbons (Fsp3) is 0.444. The second-order valence-corrected chi connectivity index (χ2v) is 9.11. The number of carboxylic acids is 1.